The van der Waals surface area contributed by atoms with E-state index in [4.69, 9.17) is 4.74 Å². The van der Waals surface area contributed by atoms with Crippen LogP contribution in [0.4, 0.5) is 0 Å². The van der Waals surface area contributed by atoms with E-state index >= 15 is 0 Å². The van der Waals surface area contributed by atoms with Crippen molar-refractivity contribution >= 4 is 11.8 Å². The van der Waals surface area contributed by atoms with Crippen molar-refractivity contribution in [1.82, 2.24) is 15.3 Å². The Morgan fingerprint density at radius 1 is 1.20 bits per heavy atom. The van der Waals surface area contributed by atoms with Crippen LogP contribution in [0.1, 0.15) is 19.4 Å². The van der Waals surface area contributed by atoms with Gasteiger partial charge in [-0.05, 0) is 18.4 Å². The van der Waals surface area contributed by atoms with Gasteiger partial charge in [-0.15, -0.1) is 11.8 Å². The third-order valence-corrected chi connectivity index (χ3v) is 3.44. The van der Waals surface area contributed by atoms with E-state index in [-0.39, 0.29) is 0 Å². The Balaban J connectivity index is 2.03. The molecule has 0 amide bonds. The van der Waals surface area contributed by atoms with Crippen LogP contribution in [0, 0.1) is 0 Å². The number of aromatic nitrogens is 2. The summed E-state index contributed by atoms with van der Waals surface area (Å²) in [6.45, 7) is 4.98. The lowest BCUT2D eigenvalue weighted by Crippen LogP contribution is -2.21. The molecule has 0 saturated carbocycles. The minimum absolute atomic E-state index is 0.375. The van der Waals surface area contributed by atoms with Crippen molar-refractivity contribution in [2.24, 2.45) is 0 Å². The number of para-hydroxylation sites is 1. The number of rotatable bonds is 6. The first kappa shape index (κ1) is 14.8. The minimum Gasteiger partial charge on any atom is -0.423 e. The molecule has 4 nitrogen and oxygen atoms in total. The van der Waals surface area contributed by atoms with Crippen molar-refractivity contribution in [2.45, 2.75) is 31.3 Å². The highest BCUT2D eigenvalue weighted by Gasteiger charge is 2.05. The predicted octanol–water partition coefficient (Wildman–Crippen LogP) is 3.49. The standard InChI is InChI=1S/C15H19N3OS/c1-11(2)16-8-12-9-17-15(18-10-12)19-13-6-4-5-7-14(13)20-3/h4-7,9-11,16H,8H2,1-3H3. The summed E-state index contributed by atoms with van der Waals surface area (Å²) in [6, 6.07) is 8.68. The van der Waals surface area contributed by atoms with Gasteiger partial charge in [-0.2, -0.15) is 0 Å². The Morgan fingerprint density at radius 3 is 2.55 bits per heavy atom. The maximum atomic E-state index is 5.72. The lowest BCUT2D eigenvalue weighted by atomic mass is 10.3. The Morgan fingerprint density at radius 2 is 1.90 bits per heavy atom. The number of hydrogen-bond acceptors (Lipinski definition) is 5. The van der Waals surface area contributed by atoms with E-state index in [1.165, 1.54) is 0 Å². The molecule has 1 N–H and O–H groups in total. The Hall–Kier alpha value is -1.59. The van der Waals surface area contributed by atoms with Crippen molar-refractivity contribution < 1.29 is 4.74 Å². The summed E-state index contributed by atoms with van der Waals surface area (Å²) < 4.78 is 5.72. The molecule has 0 saturated heterocycles. The van der Waals surface area contributed by atoms with Gasteiger partial charge in [0.15, 0.2) is 0 Å². The Bertz CT molecular complexity index is 543. The molecule has 0 radical (unpaired) electrons. The van der Waals surface area contributed by atoms with Gasteiger partial charge in [0.1, 0.15) is 5.75 Å². The molecule has 1 heterocycles. The first-order chi connectivity index (χ1) is 9.69. The summed E-state index contributed by atoms with van der Waals surface area (Å²) in [6.07, 6.45) is 5.60. The lowest BCUT2D eigenvalue weighted by Gasteiger charge is -2.09. The fourth-order valence-corrected chi connectivity index (χ4v) is 2.14. The molecule has 0 bridgehead atoms. The summed E-state index contributed by atoms with van der Waals surface area (Å²) in [7, 11) is 0. The normalized spacial score (nSPS) is 10.8. The molecule has 20 heavy (non-hydrogen) atoms. The SMILES string of the molecule is CSc1ccccc1Oc1ncc(CNC(C)C)cn1. The van der Waals surface area contributed by atoms with Gasteiger partial charge in [0.05, 0.1) is 0 Å². The maximum absolute atomic E-state index is 5.72. The van der Waals surface area contributed by atoms with Gasteiger partial charge >= 0.3 is 6.01 Å². The van der Waals surface area contributed by atoms with Gasteiger partial charge in [-0.25, -0.2) is 9.97 Å². The molecular weight excluding hydrogens is 270 g/mol. The molecule has 106 valence electrons. The molecule has 0 unspecified atom stereocenters. The van der Waals surface area contributed by atoms with Gasteiger partial charge in [-0.3, -0.25) is 0 Å². The summed E-state index contributed by atoms with van der Waals surface area (Å²) >= 11 is 1.64. The van der Waals surface area contributed by atoms with Gasteiger partial charge in [0.25, 0.3) is 0 Å². The van der Waals surface area contributed by atoms with E-state index in [0.717, 1.165) is 22.8 Å². The van der Waals surface area contributed by atoms with Gasteiger partial charge < -0.3 is 10.1 Å². The van der Waals surface area contributed by atoms with Crippen LogP contribution in [0.2, 0.25) is 0 Å². The summed E-state index contributed by atoms with van der Waals surface area (Å²) in [5, 5.41) is 3.33. The van der Waals surface area contributed by atoms with Crippen LogP contribution < -0.4 is 10.1 Å². The van der Waals surface area contributed by atoms with Crippen LogP contribution in [0.3, 0.4) is 0 Å². The van der Waals surface area contributed by atoms with E-state index in [2.05, 4.69) is 29.1 Å². The lowest BCUT2D eigenvalue weighted by molar-refractivity contribution is 0.430. The van der Waals surface area contributed by atoms with Crippen LogP contribution in [-0.4, -0.2) is 22.3 Å². The molecule has 2 aromatic rings. The number of benzene rings is 1. The number of nitrogens with zero attached hydrogens (tertiary/aromatic N) is 2. The molecule has 0 atom stereocenters. The molecule has 1 aromatic carbocycles. The molecule has 0 aliphatic carbocycles. The highest BCUT2D eigenvalue weighted by atomic mass is 32.2. The number of ether oxygens (including phenoxy) is 1. The second-order valence-corrected chi connectivity index (χ2v) is 5.51. The van der Waals surface area contributed by atoms with Gasteiger partial charge in [0, 0.05) is 35.4 Å². The first-order valence-electron chi connectivity index (χ1n) is 6.54. The second-order valence-electron chi connectivity index (χ2n) is 4.66. The molecule has 0 aliphatic heterocycles. The van der Waals surface area contributed by atoms with Crippen molar-refractivity contribution in [3.63, 3.8) is 0 Å². The molecular formula is C15H19N3OS. The van der Waals surface area contributed by atoms with Crippen LogP contribution in [-0.2, 0) is 6.54 Å². The monoisotopic (exact) mass is 289 g/mol. The number of thioether (sulfide) groups is 1. The molecule has 5 heteroatoms. The molecule has 0 spiro atoms. The van der Waals surface area contributed by atoms with Crippen LogP contribution >= 0.6 is 11.8 Å². The van der Waals surface area contributed by atoms with E-state index in [1.54, 1.807) is 24.2 Å². The van der Waals surface area contributed by atoms with Crippen molar-refractivity contribution in [2.75, 3.05) is 6.26 Å². The summed E-state index contributed by atoms with van der Waals surface area (Å²) in [5.74, 6) is 0.785. The van der Waals surface area contributed by atoms with Crippen molar-refractivity contribution in [1.29, 1.82) is 0 Å². The number of hydrogen-bond donors (Lipinski definition) is 1. The third kappa shape index (κ3) is 4.21. The zero-order chi connectivity index (χ0) is 14.4. The second kappa shape index (κ2) is 7.26. The molecule has 0 aliphatic rings. The predicted molar refractivity (Wildman–Crippen MR) is 82.3 cm³/mol. The summed E-state index contributed by atoms with van der Waals surface area (Å²) in [4.78, 5) is 9.56. The molecule has 1 aromatic heterocycles. The average molecular weight is 289 g/mol. The highest BCUT2D eigenvalue weighted by molar-refractivity contribution is 7.98. The van der Waals surface area contributed by atoms with Gasteiger partial charge in [-0.1, -0.05) is 26.0 Å². The van der Waals surface area contributed by atoms with Crippen LogP contribution in [0.25, 0.3) is 0 Å². The topological polar surface area (TPSA) is 47.0 Å². The minimum atomic E-state index is 0.375. The number of nitrogens with one attached hydrogen (secondary N) is 1. The highest BCUT2D eigenvalue weighted by Crippen LogP contribution is 2.29. The quantitative estimate of drug-likeness (QED) is 0.825. The first-order valence-corrected chi connectivity index (χ1v) is 7.76. The van der Waals surface area contributed by atoms with E-state index in [1.807, 2.05) is 30.5 Å². The zero-order valence-electron chi connectivity index (χ0n) is 12.0. The molecule has 0 fully saturated rings. The van der Waals surface area contributed by atoms with Crippen LogP contribution in [0.15, 0.2) is 41.6 Å². The van der Waals surface area contributed by atoms with Crippen molar-refractivity contribution in [3.05, 3.63) is 42.2 Å². The fourth-order valence-electron chi connectivity index (χ4n) is 1.61. The van der Waals surface area contributed by atoms with Crippen LogP contribution in [0.5, 0.6) is 11.8 Å². The van der Waals surface area contributed by atoms with E-state index in [9.17, 15) is 0 Å². The largest absolute Gasteiger partial charge is 0.423 e. The fraction of sp³-hybridized carbons (Fsp3) is 0.333. The smallest absolute Gasteiger partial charge is 0.321 e. The summed E-state index contributed by atoms with van der Waals surface area (Å²) in [5.41, 5.74) is 1.05. The third-order valence-electron chi connectivity index (χ3n) is 2.67. The zero-order valence-corrected chi connectivity index (χ0v) is 12.8. The van der Waals surface area contributed by atoms with E-state index < -0.39 is 0 Å². The van der Waals surface area contributed by atoms with E-state index in [0.29, 0.717) is 12.1 Å². The average Bonchev–Trinajstić information content (AvgIpc) is 2.47. The van der Waals surface area contributed by atoms with Crippen molar-refractivity contribution in [3.8, 4) is 11.8 Å². The molecule has 2 rings (SSSR count). The Kier molecular flexibility index (Phi) is 5.38. The Labute approximate surface area is 124 Å². The van der Waals surface area contributed by atoms with Gasteiger partial charge in [0.2, 0.25) is 0 Å². The maximum Gasteiger partial charge on any atom is 0.321 e.